The molecule has 3 aromatic rings. The number of carbonyl (C=O) groups is 1. The van der Waals surface area contributed by atoms with Gasteiger partial charge in [0.2, 0.25) is 0 Å². The van der Waals surface area contributed by atoms with Crippen molar-refractivity contribution >= 4 is 11.6 Å². The molecule has 9 heteroatoms. The lowest BCUT2D eigenvalue weighted by molar-refractivity contribution is -0.385. The van der Waals surface area contributed by atoms with E-state index in [1.54, 1.807) is 0 Å². The smallest absolute Gasteiger partial charge is 0.286 e. The minimum Gasteiger partial charge on any atom is -0.494 e. The highest BCUT2D eigenvalue weighted by Gasteiger charge is 2.26. The summed E-state index contributed by atoms with van der Waals surface area (Å²) in [5.41, 5.74) is 0.736. The number of hydrogen-bond acceptors (Lipinski definition) is 7. The fourth-order valence-electron chi connectivity index (χ4n) is 3.50. The van der Waals surface area contributed by atoms with Gasteiger partial charge in [0.1, 0.15) is 36.9 Å². The third kappa shape index (κ3) is 6.63. The maximum atomic E-state index is 12.5. The molecule has 0 unspecified atom stereocenters. The molecule has 0 atom stereocenters. The van der Waals surface area contributed by atoms with E-state index in [-0.39, 0.29) is 17.0 Å². The second-order valence-electron chi connectivity index (χ2n) is 7.83. The number of ether oxygens (including phenoxy) is 4. The number of amides is 1. The van der Waals surface area contributed by atoms with E-state index < -0.39 is 10.8 Å². The summed E-state index contributed by atoms with van der Waals surface area (Å²) in [4.78, 5) is 23.3. The van der Waals surface area contributed by atoms with E-state index in [2.05, 4.69) is 5.32 Å². The number of nitro groups is 1. The van der Waals surface area contributed by atoms with Crippen molar-refractivity contribution in [1.29, 1.82) is 0 Å². The lowest BCUT2D eigenvalue weighted by atomic mass is 10.1. The molecule has 0 aliphatic carbocycles. The van der Waals surface area contributed by atoms with Crippen molar-refractivity contribution in [1.82, 2.24) is 5.32 Å². The zero-order valence-corrected chi connectivity index (χ0v) is 19.1. The Labute approximate surface area is 202 Å². The molecule has 0 saturated carbocycles. The lowest BCUT2D eigenvalue weighted by Crippen LogP contribution is -2.26. The molecule has 0 aromatic heterocycles. The van der Waals surface area contributed by atoms with Gasteiger partial charge in [-0.15, -0.1) is 0 Å². The molecule has 1 aliphatic heterocycles. The zero-order valence-electron chi connectivity index (χ0n) is 19.1. The molecule has 4 rings (SSSR count). The molecule has 0 spiro atoms. The van der Waals surface area contributed by atoms with Crippen molar-refractivity contribution in [2.45, 2.75) is 19.4 Å². The summed E-state index contributed by atoms with van der Waals surface area (Å²) in [5.74, 6) is 1.56. The molecular formula is C26H26N2O7. The average molecular weight is 479 g/mol. The number of benzene rings is 3. The maximum Gasteiger partial charge on any atom is 0.286 e. The summed E-state index contributed by atoms with van der Waals surface area (Å²) in [5, 5.41) is 14.1. The minimum absolute atomic E-state index is 0.0509. The van der Waals surface area contributed by atoms with Gasteiger partial charge in [-0.3, -0.25) is 14.9 Å². The van der Waals surface area contributed by atoms with Gasteiger partial charge in [-0.2, -0.15) is 0 Å². The largest absolute Gasteiger partial charge is 0.494 e. The molecule has 1 N–H and O–H groups in total. The molecule has 1 heterocycles. The maximum absolute atomic E-state index is 12.5. The first-order valence-corrected chi connectivity index (χ1v) is 11.4. The number of hydrogen-bond donors (Lipinski definition) is 1. The van der Waals surface area contributed by atoms with Crippen LogP contribution in [0.3, 0.4) is 0 Å². The van der Waals surface area contributed by atoms with Crippen LogP contribution in [0.15, 0.2) is 66.7 Å². The van der Waals surface area contributed by atoms with E-state index in [1.807, 2.05) is 54.6 Å². The van der Waals surface area contributed by atoms with Gasteiger partial charge in [0.15, 0.2) is 11.5 Å². The van der Waals surface area contributed by atoms with Crippen LogP contribution in [0.25, 0.3) is 0 Å². The van der Waals surface area contributed by atoms with Crippen LogP contribution in [-0.4, -0.2) is 37.2 Å². The highest BCUT2D eigenvalue weighted by molar-refractivity contribution is 5.99. The monoisotopic (exact) mass is 478 g/mol. The first-order chi connectivity index (χ1) is 17.1. The van der Waals surface area contributed by atoms with Crippen molar-refractivity contribution in [3.05, 3.63) is 88.0 Å². The SMILES string of the molecule is O=C(NCCCCOc1ccc(OCc2ccccc2)cc1)c1cc2c(cc1[N+](=O)[O-])OCCO2. The first kappa shape index (κ1) is 23.9. The number of rotatable bonds is 11. The molecule has 0 bridgehead atoms. The normalized spacial score (nSPS) is 12.0. The average Bonchev–Trinajstić information content (AvgIpc) is 2.89. The van der Waals surface area contributed by atoms with Crippen LogP contribution < -0.4 is 24.3 Å². The highest BCUT2D eigenvalue weighted by atomic mass is 16.6. The van der Waals surface area contributed by atoms with Gasteiger partial charge >= 0.3 is 0 Å². The Hall–Kier alpha value is -4.27. The van der Waals surface area contributed by atoms with E-state index in [0.29, 0.717) is 51.6 Å². The molecule has 1 aliphatic rings. The van der Waals surface area contributed by atoms with Gasteiger partial charge in [0.05, 0.1) is 17.6 Å². The van der Waals surface area contributed by atoms with Crippen LogP contribution in [0.1, 0.15) is 28.8 Å². The van der Waals surface area contributed by atoms with E-state index in [9.17, 15) is 14.9 Å². The standard InChI is InChI=1S/C26H26N2O7/c29-26(22-16-24-25(34-15-14-33-24)17-23(22)28(30)31)27-12-4-5-13-32-20-8-10-21(11-9-20)35-18-19-6-2-1-3-7-19/h1-3,6-11,16-17H,4-5,12-15,18H2,(H,27,29). The van der Waals surface area contributed by atoms with E-state index in [0.717, 1.165) is 17.1 Å². The number of nitrogens with one attached hydrogen (secondary N) is 1. The topological polar surface area (TPSA) is 109 Å². The number of unbranched alkanes of at least 4 members (excludes halogenated alkanes) is 1. The van der Waals surface area contributed by atoms with Gasteiger partial charge in [0, 0.05) is 12.6 Å². The zero-order chi connectivity index (χ0) is 24.5. The fourth-order valence-corrected chi connectivity index (χ4v) is 3.50. The summed E-state index contributed by atoms with van der Waals surface area (Å²) in [7, 11) is 0. The van der Waals surface area contributed by atoms with E-state index in [4.69, 9.17) is 18.9 Å². The molecule has 3 aromatic carbocycles. The summed E-state index contributed by atoms with van der Waals surface area (Å²) in [6.07, 6.45) is 1.36. The molecule has 35 heavy (non-hydrogen) atoms. The van der Waals surface area contributed by atoms with Crippen LogP contribution in [-0.2, 0) is 6.61 Å². The van der Waals surface area contributed by atoms with Crippen LogP contribution >= 0.6 is 0 Å². The van der Waals surface area contributed by atoms with Crippen molar-refractivity contribution in [3.63, 3.8) is 0 Å². The van der Waals surface area contributed by atoms with Gasteiger partial charge in [-0.05, 0) is 42.7 Å². The molecule has 1 amide bonds. The summed E-state index contributed by atoms with van der Waals surface area (Å²) in [6, 6.07) is 20.0. The molecular weight excluding hydrogens is 452 g/mol. The van der Waals surface area contributed by atoms with Crippen molar-refractivity contribution in [2.75, 3.05) is 26.4 Å². The molecule has 0 saturated heterocycles. The fraction of sp³-hybridized carbons (Fsp3) is 0.269. The van der Waals surface area contributed by atoms with E-state index >= 15 is 0 Å². The molecule has 0 radical (unpaired) electrons. The van der Waals surface area contributed by atoms with Crippen molar-refractivity contribution in [3.8, 4) is 23.0 Å². The van der Waals surface area contributed by atoms with Gasteiger partial charge in [-0.1, -0.05) is 30.3 Å². The molecule has 182 valence electrons. The minimum atomic E-state index is -0.598. The summed E-state index contributed by atoms with van der Waals surface area (Å²) < 4.78 is 22.3. The Bertz CT molecular complexity index is 1150. The second-order valence-corrected chi connectivity index (χ2v) is 7.83. The molecule has 0 fully saturated rings. The molecule has 9 nitrogen and oxygen atoms in total. The predicted molar refractivity (Wildman–Crippen MR) is 128 cm³/mol. The summed E-state index contributed by atoms with van der Waals surface area (Å²) >= 11 is 0. The van der Waals surface area contributed by atoms with Crippen LogP contribution in [0.5, 0.6) is 23.0 Å². The van der Waals surface area contributed by atoms with E-state index in [1.165, 1.54) is 12.1 Å². The number of nitrogens with zero attached hydrogens (tertiary/aromatic N) is 1. The Morgan fingerprint density at radius 1 is 0.914 bits per heavy atom. The Morgan fingerprint density at radius 2 is 1.57 bits per heavy atom. The van der Waals surface area contributed by atoms with Gasteiger partial charge in [-0.25, -0.2) is 0 Å². The van der Waals surface area contributed by atoms with Crippen LogP contribution in [0.4, 0.5) is 5.69 Å². The summed E-state index contributed by atoms with van der Waals surface area (Å²) in [6.45, 7) is 1.98. The van der Waals surface area contributed by atoms with Crippen LogP contribution in [0.2, 0.25) is 0 Å². The number of nitro benzene ring substituents is 1. The Kier molecular flexibility index (Phi) is 8.00. The van der Waals surface area contributed by atoms with Gasteiger partial charge < -0.3 is 24.3 Å². The van der Waals surface area contributed by atoms with Crippen molar-refractivity contribution < 1.29 is 28.7 Å². The Balaban J connectivity index is 1.17. The van der Waals surface area contributed by atoms with Crippen molar-refractivity contribution in [2.24, 2.45) is 0 Å². The lowest BCUT2D eigenvalue weighted by Gasteiger charge is -2.18. The quantitative estimate of drug-likeness (QED) is 0.245. The first-order valence-electron chi connectivity index (χ1n) is 11.4. The third-order valence-corrected chi connectivity index (χ3v) is 5.30. The Morgan fingerprint density at radius 3 is 2.26 bits per heavy atom. The third-order valence-electron chi connectivity index (χ3n) is 5.30. The van der Waals surface area contributed by atoms with Gasteiger partial charge in [0.25, 0.3) is 11.6 Å². The predicted octanol–water partition coefficient (Wildman–Crippen LogP) is 4.53. The number of fused-ring (bicyclic) bond motifs is 1. The second kappa shape index (κ2) is 11.7. The highest BCUT2D eigenvalue weighted by Crippen LogP contribution is 2.36. The van der Waals surface area contributed by atoms with Crippen LogP contribution in [0, 0.1) is 10.1 Å². The number of carbonyl (C=O) groups excluding carboxylic acids is 1.